The summed E-state index contributed by atoms with van der Waals surface area (Å²) in [5.74, 6) is -0.363. The topological polar surface area (TPSA) is 82.2 Å². The van der Waals surface area contributed by atoms with Crippen molar-refractivity contribution in [3.63, 3.8) is 0 Å². The second-order valence-corrected chi connectivity index (χ2v) is 5.71. The van der Waals surface area contributed by atoms with Crippen LogP contribution in [0.1, 0.15) is 36.2 Å². The lowest BCUT2D eigenvalue weighted by atomic mass is 10.0. The highest BCUT2D eigenvalue weighted by molar-refractivity contribution is 5.94. The Balaban J connectivity index is 1.80. The van der Waals surface area contributed by atoms with Crippen molar-refractivity contribution in [2.75, 3.05) is 6.54 Å². The first-order valence-corrected chi connectivity index (χ1v) is 7.20. The zero-order valence-corrected chi connectivity index (χ0v) is 11.7. The molecule has 1 aliphatic carbocycles. The second-order valence-electron chi connectivity index (χ2n) is 5.71. The van der Waals surface area contributed by atoms with Gasteiger partial charge in [0.1, 0.15) is 5.69 Å². The fourth-order valence-corrected chi connectivity index (χ4v) is 2.87. The molecule has 21 heavy (non-hydrogen) atoms. The number of H-pyrrole nitrogens is 1. The van der Waals surface area contributed by atoms with Gasteiger partial charge in [0.05, 0.1) is 5.60 Å². The molecule has 0 aliphatic heterocycles. The predicted octanol–water partition coefficient (Wildman–Crippen LogP) is 1.56. The van der Waals surface area contributed by atoms with E-state index in [1.54, 1.807) is 24.3 Å². The number of aromatic amines is 1. The highest BCUT2D eigenvalue weighted by Crippen LogP contribution is 2.28. The average Bonchev–Trinajstić information content (AvgIpc) is 2.92. The average molecular weight is 286 g/mol. The molecule has 0 atom stereocenters. The zero-order valence-electron chi connectivity index (χ0n) is 11.7. The Labute approximate surface area is 122 Å². The Bertz CT molecular complexity index is 730. The number of amides is 1. The standard InChI is InChI=1S/C16H18N2O3/c19-14-9-13(18-12-6-2-1-5-11(12)14)15(20)17-10-16(21)7-3-4-8-16/h1-2,5-6,9,21H,3-4,7-8,10H2,(H,17,20)(H,18,19). The van der Waals surface area contributed by atoms with Crippen molar-refractivity contribution in [2.45, 2.75) is 31.3 Å². The monoisotopic (exact) mass is 286 g/mol. The number of aromatic nitrogens is 1. The molecule has 3 N–H and O–H groups in total. The number of hydrogen-bond donors (Lipinski definition) is 3. The van der Waals surface area contributed by atoms with E-state index in [1.165, 1.54) is 6.07 Å². The van der Waals surface area contributed by atoms with Gasteiger partial charge in [0.25, 0.3) is 5.91 Å². The van der Waals surface area contributed by atoms with E-state index in [2.05, 4.69) is 10.3 Å². The fraction of sp³-hybridized carbons (Fsp3) is 0.375. The molecule has 0 saturated heterocycles. The first-order chi connectivity index (χ1) is 10.1. The zero-order chi connectivity index (χ0) is 14.9. The maximum absolute atomic E-state index is 12.1. The van der Waals surface area contributed by atoms with Crippen LogP contribution in [0.5, 0.6) is 0 Å². The maximum atomic E-state index is 12.1. The van der Waals surface area contributed by atoms with Gasteiger partial charge in [-0.05, 0) is 25.0 Å². The normalized spacial score (nSPS) is 17.0. The van der Waals surface area contributed by atoms with Gasteiger partial charge in [0, 0.05) is 23.5 Å². The molecular weight excluding hydrogens is 268 g/mol. The molecule has 1 fully saturated rings. The molecule has 5 heteroatoms. The lowest BCUT2D eigenvalue weighted by Crippen LogP contribution is -2.41. The number of carbonyl (C=O) groups is 1. The van der Waals surface area contributed by atoms with Crippen LogP contribution in [0.2, 0.25) is 0 Å². The molecule has 110 valence electrons. The minimum absolute atomic E-state index is 0.186. The third-order valence-electron chi connectivity index (χ3n) is 4.09. The summed E-state index contributed by atoms with van der Waals surface area (Å²) in [6.45, 7) is 0.223. The Hall–Kier alpha value is -2.14. The lowest BCUT2D eigenvalue weighted by Gasteiger charge is -2.22. The summed E-state index contributed by atoms with van der Waals surface area (Å²) in [5, 5.41) is 13.5. The van der Waals surface area contributed by atoms with Crippen molar-refractivity contribution in [1.29, 1.82) is 0 Å². The highest BCUT2D eigenvalue weighted by atomic mass is 16.3. The van der Waals surface area contributed by atoms with E-state index in [4.69, 9.17) is 0 Å². The van der Waals surface area contributed by atoms with E-state index in [-0.39, 0.29) is 23.6 Å². The molecule has 1 heterocycles. The Morgan fingerprint density at radius 2 is 2.00 bits per heavy atom. The molecular formula is C16H18N2O3. The van der Waals surface area contributed by atoms with Crippen molar-refractivity contribution < 1.29 is 9.90 Å². The molecule has 1 aromatic heterocycles. The number of aliphatic hydroxyl groups is 1. The summed E-state index contributed by atoms with van der Waals surface area (Å²) in [5.41, 5.74) is -0.128. The van der Waals surface area contributed by atoms with Crippen molar-refractivity contribution >= 4 is 16.8 Å². The van der Waals surface area contributed by atoms with Crippen LogP contribution in [0.3, 0.4) is 0 Å². The summed E-state index contributed by atoms with van der Waals surface area (Å²) in [6.07, 6.45) is 3.39. The first kappa shape index (κ1) is 13.8. The highest BCUT2D eigenvalue weighted by Gasteiger charge is 2.31. The van der Waals surface area contributed by atoms with Crippen LogP contribution < -0.4 is 10.7 Å². The van der Waals surface area contributed by atoms with Gasteiger partial charge in [0.2, 0.25) is 0 Å². The largest absolute Gasteiger partial charge is 0.388 e. The molecule has 0 radical (unpaired) electrons. The van der Waals surface area contributed by atoms with Gasteiger partial charge in [-0.15, -0.1) is 0 Å². The van der Waals surface area contributed by atoms with Crippen molar-refractivity contribution in [3.05, 3.63) is 46.2 Å². The third kappa shape index (κ3) is 2.83. The van der Waals surface area contributed by atoms with Gasteiger partial charge >= 0.3 is 0 Å². The molecule has 0 spiro atoms. The predicted molar refractivity (Wildman–Crippen MR) is 80.3 cm³/mol. The quantitative estimate of drug-likeness (QED) is 0.801. The number of nitrogens with one attached hydrogen (secondary N) is 2. The summed E-state index contributed by atoms with van der Waals surface area (Å²) in [6, 6.07) is 8.37. The fourth-order valence-electron chi connectivity index (χ4n) is 2.87. The minimum Gasteiger partial charge on any atom is -0.388 e. The smallest absolute Gasteiger partial charge is 0.267 e. The molecule has 1 amide bonds. The summed E-state index contributed by atoms with van der Waals surface area (Å²) < 4.78 is 0. The van der Waals surface area contributed by atoms with Crippen LogP contribution in [0.4, 0.5) is 0 Å². The van der Waals surface area contributed by atoms with E-state index >= 15 is 0 Å². The van der Waals surface area contributed by atoms with Gasteiger partial charge in [-0.1, -0.05) is 25.0 Å². The van der Waals surface area contributed by atoms with E-state index in [0.29, 0.717) is 23.7 Å². The maximum Gasteiger partial charge on any atom is 0.267 e. The molecule has 1 aliphatic rings. The summed E-state index contributed by atoms with van der Waals surface area (Å²) >= 11 is 0. The van der Waals surface area contributed by atoms with E-state index in [9.17, 15) is 14.7 Å². The SMILES string of the molecule is O=C(NCC1(O)CCCC1)c1cc(=O)c2ccccc2[nH]1. The van der Waals surface area contributed by atoms with Gasteiger partial charge in [-0.3, -0.25) is 9.59 Å². The number of carbonyl (C=O) groups excluding carboxylic acids is 1. The summed E-state index contributed by atoms with van der Waals surface area (Å²) in [4.78, 5) is 27.1. The molecule has 3 rings (SSSR count). The van der Waals surface area contributed by atoms with Gasteiger partial charge in [-0.2, -0.15) is 0 Å². The van der Waals surface area contributed by atoms with Crippen LogP contribution in [-0.2, 0) is 0 Å². The first-order valence-electron chi connectivity index (χ1n) is 7.20. The Kier molecular flexibility index (Phi) is 3.51. The van der Waals surface area contributed by atoms with E-state index in [0.717, 1.165) is 12.8 Å². The van der Waals surface area contributed by atoms with Crippen molar-refractivity contribution in [2.24, 2.45) is 0 Å². The number of pyridine rings is 1. The third-order valence-corrected chi connectivity index (χ3v) is 4.09. The number of hydrogen-bond acceptors (Lipinski definition) is 3. The van der Waals surface area contributed by atoms with Crippen LogP contribution in [0.15, 0.2) is 35.1 Å². The second kappa shape index (κ2) is 5.33. The molecule has 1 aromatic carbocycles. The van der Waals surface area contributed by atoms with Crippen LogP contribution >= 0.6 is 0 Å². The van der Waals surface area contributed by atoms with Crippen LogP contribution in [0.25, 0.3) is 10.9 Å². The van der Waals surface area contributed by atoms with Crippen molar-refractivity contribution in [3.8, 4) is 0 Å². The molecule has 1 saturated carbocycles. The number of fused-ring (bicyclic) bond motifs is 1. The lowest BCUT2D eigenvalue weighted by molar-refractivity contribution is 0.0448. The van der Waals surface area contributed by atoms with Gasteiger partial charge in [0.15, 0.2) is 5.43 Å². The minimum atomic E-state index is -0.799. The Morgan fingerprint density at radius 3 is 2.76 bits per heavy atom. The number of benzene rings is 1. The number of rotatable bonds is 3. The van der Waals surface area contributed by atoms with Gasteiger partial charge < -0.3 is 15.4 Å². The van der Waals surface area contributed by atoms with E-state index in [1.807, 2.05) is 0 Å². The molecule has 0 unspecified atom stereocenters. The van der Waals surface area contributed by atoms with E-state index < -0.39 is 5.60 Å². The molecule has 0 bridgehead atoms. The van der Waals surface area contributed by atoms with Crippen molar-refractivity contribution in [1.82, 2.24) is 10.3 Å². The summed E-state index contributed by atoms with van der Waals surface area (Å²) in [7, 11) is 0. The van der Waals surface area contributed by atoms with Crippen LogP contribution in [0, 0.1) is 0 Å². The Morgan fingerprint density at radius 1 is 1.29 bits per heavy atom. The van der Waals surface area contributed by atoms with Gasteiger partial charge in [-0.25, -0.2) is 0 Å². The molecule has 5 nitrogen and oxygen atoms in total. The van der Waals surface area contributed by atoms with Crippen LogP contribution in [-0.4, -0.2) is 28.1 Å². The number of para-hydroxylation sites is 1. The molecule has 2 aromatic rings.